The number of nitrogens with two attached hydrogens (primary N) is 1. The van der Waals surface area contributed by atoms with Crippen molar-refractivity contribution in [3.05, 3.63) is 0 Å². The fourth-order valence-corrected chi connectivity index (χ4v) is 2.27. The average molecular weight is 198 g/mol. The molecule has 0 unspecified atom stereocenters. The SMILES string of the molecule is CC1CCC(N(C)C(C)(C)CN)CC1. The summed E-state index contributed by atoms with van der Waals surface area (Å²) in [4.78, 5) is 2.49. The molecule has 1 rings (SSSR count). The zero-order valence-electron chi connectivity index (χ0n) is 10.2. The van der Waals surface area contributed by atoms with Gasteiger partial charge in [-0.15, -0.1) is 0 Å². The summed E-state index contributed by atoms with van der Waals surface area (Å²) in [5, 5.41) is 0. The number of likely N-dealkylation sites (N-methyl/N-ethyl adjacent to an activating group) is 1. The largest absolute Gasteiger partial charge is 0.329 e. The summed E-state index contributed by atoms with van der Waals surface area (Å²) < 4.78 is 0. The lowest BCUT2D eigenvalue weighted by molar-refractivity contribution is 0.0748. The second-order valence-electron chi connectivity index (χ2n) is 5.54. The molecule has 0 saturated heterocycles. The Labute approximate surface area is 88.8 Å². The van der Waals surface area contributed by atoms with E-state index in [-0.39, 0.29) is 5.54 Å². The lowest BCUT2D eigenvalue weighted by atomic mass is 9.85. The topological polar surface area (TPSA) is 29.3 Å². The van der Waals surface area contributed by atoms with E-state index in [1.165, 1.54) is 25.7 Å². The van der Waals surface area contributed by atoms with Crippen molar-refractivity contribution >= 4 is 0 Å². The van der Waals surface area contributed by atoms with Crippen LogP contribution in [-0.4, -0.2) is 30.1 Å². The molecule has 0 aromatic heterocycles. The van der Waals surface area contributed by atoms with Crippen molar-refractivity contribution < 1.29 is 0 Å². The predicted octanol–water partition coefficient (Wildman–Crippen LogP) is 2.23. The van der Waals surface area contributed by atoms with Gasteiger partial charge in [0, 0.05) is 18.1 Å². The van der Waals surface area contributed by atoms with Crippen LogP contribution in [0.2, 0.25) is 0 Å². The average Bonchev–Trinajstić information content (AvgIpc) is 2.18. The summed E-state index contributed by atoms with van der Waals surface area (Å²) in [6, 6.07) is 0.754. The number of hydrogen-bond acceptors (Lipinski definition) is 2. The minimum atomic E-state index is 0.158. The molecule has 2 N–H and O–H groups in total. The van der Waals surface area contributed by atoms with Gasteiger partial charge in [-0.25, -0.2) is 0 Å². The minimum absolute atomic E-state index is 0.158. The van der Waals surface area contributed by atoms with Crippen LogP contribution in [0.25, 0.3) is 0 Å². The Hall–Kier alpha value is -0.0800. The van der Waals surface area contributed by atoms with E-state index < -0.39 is 0 Å². The molecule has 0 atom stereocenters. The third kappa shape index (κ3) is 2.71. The summed E-state index contributed by atoms with van der Waals surface area (Å²) >= 11 is 0. The van der Waals surface area contributed by atoms with Crippen LogP contribution in [0, 0.1) is 5.92 Å². The monoisotopic (exact) mass is 198 g/mol. The van der Waals surface area contributed by atoms with Gasteiger partial charge in [-0.2, -0.15) is 0 Å². The van der Waals surface area contributed by atoms with E-state index in [0.717, 1.165) is 18.5 Å². The first-order valence-corrected chi connectivity index (χ1v) is 5.90. The molecule has 0 aromatic rings. The van der Waals surface area contributed by atoms with Crippen molar-refractivity contribution in [3.63, 3.8) is 0 Å². The van der Waals surface area contributed by atoms with Crippen LogP contribution in [-0.2, 0) is 0 Å². The van der Waals surface area contributed by atoms with Crippen molar-refractivity contribution in [1.29, 1.82) is 0 Å². The van der Waals surface area contributed by atoms with Crippen molar-refractivity contribution in [2.45, 2.75) is 58.0 Å². The summed E-state index contributed by atoms with van der Waals surface area (Å²) in [5.74, 6) is 0.931. The van der Waals surface area contributed by atoms with Gasteiger partial charge in [0.1, 0.15) is 0 Å². The molecule has 0 aromatic carbocycles. The summed E-state index contributed by atoms with van der Waals surface area (Å²) in [6.07, 6.45) is 5.47. The molecule has 1 aliphatic rings. The third-order valence-electron chi connectivity index (χ3n) is 3.99. The lowest BCUT2D eigenvalue weighted by Gasteiger charge is -2.43. The van der Waals surface area contributed by atoms with Crippen molar-refractivity contribution in [2.75, 3.05) is 13.6 Å². The molecule has 0 amide bonds. The molecule has 2 nitrogen and oxygen atoms in total. The Morgan fingerprint density at radius 2 is 1.71 bits per heavy atom. The third-order valence-corrected chi connectivity index (χ3v) is 3.99. The maximum Gasteiger partial charge on any atom is 0.0275 e. The number of rotatable bonds is 3. The lowest BCUT2D eigenvalue weighted by Crippen LogP contribution is -2.52. The fourth-order valence-electron chi connectivity index (χ4n) is 2.27. The van der Waals surface area contributed by atoms with Gasteiger partial charge in [-0.05, 0) is 52.5 Å². The molecule has 84 valence electrons. The Morgan fingerprint density at radius 1 is 1.21 bits per heavy atom. The summed E-state index contributed by atoms with van der Waals surface area (Å²) in [6.45, 7) is 7.59. The molecule has 0 heterocycles. The van der Waals surface area contributed by atoms with Gasteiger partial charge in [-0.3, -0.25) is 4.90 Å². The molecule has 0 spiro atoms. The molecular formula is C12H26N2. The molecule has 1 fully saturated rings. The molecule has 2 heteroatoms. The molecule has 1 aliphatic carbocycles. The van der Waals surface area contributed by atoms with Gasteiger partial charge in [0.2, 0.25) is 0 Å². The van der Waals surface area contributed by atoms with E-state index in [1.807, 2.05) is 0 Å². The second kappa shape index (κ2) is 4.63. The van der Waals surface area contributed by atoms with E-state index in [4.69, 9.17) is 5.73 Å². The van der Waals surface area contributed by atoms with Crippen LogP contribution in [0.4, 0.5) is 0 Å². The Morgan fingerprint density at radius 3 is 2.14 bits per heavy atom. The van der Waals surface area contributed by atoms with Gasteiger partial charge < -0.3 is 5.73 Å². The highest BCUT2D eigenvalue weighted by molar-refractivity contribution is 4.87. The van der Waals surface area contributed by atoms with Crippen molar-refractivity contribution in [3.8, 4) is 0 Å². The van der Waals surface area contributed by atoms with E-state index in [2.05, 4.69) is 32.7 Å². The first kappa shape index (κ1) is 12.0. The van der Waals surface area contributed by atoms with Crippen molar-refractivity contribution in [1.82, 2.24) is 4.90 Å². The number of hydrogen-bond donors (Lipinski definition) is 1. The maximum atomic E-state index is 5.80. The minimum Gasteiger partial charge on any atom is -0.329 e. The summed E-state index contributed by atoms with van der Waals surface area (Å²) in [5.41, 5.74) is 5.96. The zero-order chi connectivity index (χ0) is 10.8. The van der Waals surface area contributed by atoms with Crippen LogP contribution in [0.15, 0.2) is 0 Å². The van der Waals surface area contributed by atoms with Gasteiger partial charge >= 0.3 is 0 Å². The quantitative estimate of drug-likeness (QED) is 0.753. The van der Waals surface area contributed by atoms with E-state index in [0.29, 0.717) is 0 Å². The molecule has 0 bridgehead atoms. The second-order valence-corrected chi connectivity index (χ2v) is 5.54. The first-order valence-electron chi connectivity index (χ1n) is 5.90. The standard InChI is InChI=1S/C12H26N2/c1-10-5-7-11(8-6-10)14(4)12(2,3)9-13/h10-11H,5-9,13H2,1-4H3. The van der Waals surface area contributed by atoms with E-state index in [9.17, 15) is 0 Å². The van der Waals surface area contributed by atoms with Gasteiger partial charge in [0.05, 0.1) is 0 Å². The Bertz CT molecular complexity index is 169. The fraction of sp³-hybridized carbons (Fsp3) is 1.00. The Kier molecular flexibility index (Phi) is 3.96. The zero-order valence-corrected chi connectivity index (χ0v) is 10.2. The molecule has 1 saturated carbocycles. The molecule has 0 radical (unpaired) electrons. The molecule has 14 heavy (non-hydrogen) atoms. The van der Waals surface area contributed by atoms with Gasteiger partial charge in [0.25, 0.3) is 0 Å². The molecule has 0 aliphatic heterocycles. The van der Waals surface area contributed by atoms with Crippen LogP contribution in [0.1, 0.15) is 46.5 Å². The van der Waals surface area contributed by atoms with Crippen LogP contribution in [0.3, 0.4) is 0 Å². The smallest absolute Gasteiger partial charge is 0.0275 e. The highest BCUT2D eigenvalue weighted by Crippen LogP contribution is 2.29. The first-order chi connectivity index (χ1) is 6.47. The predicted molar refractivity (Wildman–Crippen MR) is 62.3 cm³/mol. The van der Waals surface area contributed by atoms with E-state index >= 15 is 0 Å². The van der Waals surface area contributed by atoms with Crippen LogP contribution >= 0.6 is 0 Å². The highest BCUT2D eigenvalue weighted by Gasteiger charge is 2.30. The van der Waals surface area contributed by atoms with Crippen LogP contribution < -0.4 is 5.73 Å². The highest BCUT2D eigenvalue weighted by atomic mass is 15.2. The Balaban J connectivity index is 2.49. The van der Waals surface area contributed by atoms with Crippen LogP contribution in [0.5, 0.6) is 0 Å². The summed E-state index contributed by atoms with van der Waals surface area (Å²) in [7, 11) is 2.23. The number of nitrogens with zero attached hydrogens (tertiary/aromatic N) is 1. The van der Waals surface area contributed by atoms with E-state index in [1.54, 1.807) is 0 Å². The molecular weight excluding hydrogens is 172 g/mol. The maximum absolute atomic E-state index is 5.80. The van der Waals surface area contributed by atoms with Gasteiger partial charge in [-0.1, -0.05) is 6.92 Å². The van der Waals surface area contributed by atoms with Gasteiger partial charge in [0.15, 0.2) is 0 Å². The normalized spacial score (nSPS) is 29.6. The van der Waals surface area contributed by atoms with Crippen molar-refractivity contribution in [2.24, 2.45) is 11.7 Å².